The Labute approximate surface area is 273 Å². The van der Waals surface area contributed by atoms with Gasteiger partial charge in [0.25, 0.3) is 0 Å². The first-order chi connectivity index (χ1) is 21.4. The van der Waals surface area contributed by atoms with Crippen molar-refractivity contribution in [2.24, 2.45) is 5.41 Å². The minimum absolute atomic E-state index is 0.0328. The second kappa shape index (κ2) is 18.1. The number of nitrogens with zero attached hydrogens (tertiary/aromatic N) is 4. The summed E-state index contributed by atoms with van der Waals surface area (Å²) in [5, 5.41) is 17.7. The molecule has 0 saturated carbocycles. The third kappa shape index (κ3) is 12.5. The number of nitrogens with one attached hydrogen (secondary N) is 4. The van der Waals surface area contributed by atoms with Gasteiger partial charge in [-0.05, 0) is 63.2 Å². The highest BCUT2D eigenvalue weighted by Gasteiger charge is 2.29. The Morgan fingerprint density at radius 3 is 2.69 bits per heavy atom. The predicted octanol–water partition coefficient (Wildman–Crippen LogP) is 5.10. The monoisotopic (exact) mass is 634 g/mol. The molecule has 1 fully saturated rings. The van der Waals surface area contributed by atoms with Crippen molar-refractivity contribution in [1.82, 2.24) is 35.4 Å². The lowest BCUT2D eigenvalue weighted by Crippen LogP contribution is -2.44. The standard InChI is InChI=1S/C32H44N8O2S.C2H6/c1-9-10-12-26(43-31-37-29(27-13-11-17-40(27)38-31)35-24(4)19-23(3)33-8)15-14-22(2)34-28(41)21-39-18-16-25(20-39)36-30(42)32(5,6)7;1-2/h11-15,17,19,22,25,33H,4,16,18,20-21H2,1-3,5-8H3,(H,34,41)(H,36,42)(H,35,37,38);1-2H3/b15-14-,23-19-,26-12+;. The molecule has 2 unspecified atom stereocenters. The van der Waals surface area contributed by atoms with E-state index >= 15 is 0 Å². The number of carbonyl (C=O) groups is 2. The molecule has 10 nitrogen and oxygen atoms in total. The van der Waals surface area contributed by atoms with Crippen LogP contribution in [0, 0.1) is 17.3 Å². The van der Waals surface area contributed by atoms with E-state index < -0.39 is 5.41 Å². The fraction of sp³-hybridized carbons (Fsp3) is 0.471. The van der Waals surface area contributed by atoms with Gasteiger partial charge in [-0.1, -0.05) is 53.2 Å². The van der Waals surface area contributed by atoms with Gasteiger partial charge < -0.3 is 21.3 Å². The summed E-state index contributed by atoms with van der Waals surface area (Å²) in [4.78, 5) is 32.7. The van der Waals surface area contributed by atoms with Gasteiger partial charge in [0.05, 0.1) is 6.54 Å². The van der Waals surface area contributed by atoms with Crippen LogP contribution in [0.4, 0.5) is 5.82 Å². The first kappa shape index (κ1) is 37.2. The lowest BCUT2D eigenvalue weighted by molar-refractivity contribution is -0.129. The third-order valence-electron chi connectivity index (χ3n) is 6.60. The van der Waals surface area contributed by atoms with Gasteiger partial charge in [-0.15, -0.1) is 11.0 Å². The molecule has 11 heteroatoms. The second-order valence-corrected chi connectivity index (χ2v) is 12.6. The van der Waals surface area contributed by atoms with Gasteiger partial charge >= 0.3 is 0 Å². The molecule has 1 aliphatic heterocycles. The van der Waals surface area contributed by atoms with Crippen LogP contribution in [-0.2, 0) is 9.59 Å². The Morgan fingerprint density at radius 1 is 1.29 bits per heavy atom. The van der Waals surface area contributed by atoms with Crippen molar-refractivity contribution in [3.63, 3.8) is 0 Å². The highest BCUT2D eigenvalue weighted by atomic mass is 32.2. The maximum absolute atomic E-state index is 12.8. The van der Waals surface area contributed by atoms with E-state index in [0.717, 1.165) is 29.1 Å². The molecule has 2 aromatic heterocycles. The Kier molecular flexibility index (Phi) is 14.9. The molecule has 0 bridgehead atoms. The molecule has 0 spiro atoms. The molecule has 2 atom stereocenters. The lowest BCUT2D eigenvalue weighted by atomic mass is 9.95. The molecule has 1 aliphatic rings. The van der Waals surface area contributed by atoms with E-state index in [1.165, 1.54) is 11.8 Å². The van der Waals surface area contributed by atoms with Gasteiger partial charge in [0.15, 0.2) is 5.82 Å². The highest BCUT2D eigenvalue weighted by Crippen LogP contribution is 2.27. The van der Waals surface area contributed by atoms with E-state index in [4.69, 9.17) is 4.98 Å². The zero-order valence-corrected chi connectivity index (χ0v) is 29.1. The lowest BCUT2D eigenvalue weighted by Gasteiger charge is -2.22. The average Bonchev–Trinajstić information content (AvgIpc) is 3.64. The van der Waals surface area contributed by atoms with Gasteiger partial charge in [0.1, 0.15) is 5.52 Å². The van der Waals surface area contributed by atoms with Gasteiger partial charge in [0, 0.05) is 66.2 Å². The molecule has 3 heterocycles. The number of rotatable bonds is 12. The third-order valence-corrected chi connectivity index (χ3v) is 7.44. The Balaban J connectivity index is 0.00000345. The van der Waals surface area contributed by atoms with E-state index in [-0.39, 0.29) is 30.4 Å². The molecular formula is C34H50N8O2S. The molecule has 244 valence electrons. The fourth-order valence-electron chi connectivity index (χ4n) is 4.22. The van der Waals surface area contributed by atoms with Crippen molar-refractivity contribution < 1.29 is 9.59 Å². The molecule has 2 aromatic rings. The average molecular weight is 635 g/mol. The molecule has 0 radical (unpaired) electrons. The number of aromatic nitrogens is 3. The van der Waals surface area contributed by atoms with Crippen LogP contribution >= 0.6 is 11.8 Å². The number of amides is 2. The van der Waals surface area contributed by atoms with E-state index in [9.17, 15) is 9.59 Å². The Bertz CT molecular complexity index is 1470. The molecular weight excluding hydrogens is 584 g/mol. The molecule has 3 rings (SSSR count). The van der Waals surface area contributed by atoms with E-state index in [0.29, 0.717) is 23.2 Å². The zero-order chi connectivity index (χ0) is 33.6. The maximum Gasteiger partial charge on any atom is 0.234 e. The summed E-state index contributed by atoms with van der Waals surface area (Å²) in [6.45, 7) is 21.2. The Hall–Kier alpha value is -4.01. The van der Waals surface area contributed by atoms with Gasteiger partial charge in [0.2, 0.25) is 17.0 Å². The summed E-state index contributed by atoms with van der Waals surface area (Å²) in [6.07, 6.45) is 10.3. The van der Waals surface area contributed by atoms with Gasteiger partial charge in [-0.25, -0.2) is 9.50 Å². The molecule has 1 saturated heterocycles. The second-order valence-electron chi connectivity index (χ2n) is 11.5. The number of allylic oxidation sites excluding steroid dienone is 4. The van der Waals surface area contributed by atoms with E-state index in [1.54, 1.807) is 17.5 Å². The number of thioether (sulfide) groups is 1. The van der Waals surface area contributed by atoms with Crippen LogP contribution in [0.1, 0.15) is 61.8 Å². The van der Waals surface area contributed by atoms with Gasteiger partial charge in [-0.3, -0.25) is 14.5 Å². The minimum atomic E-state index is -0.431. The minimum Gasteiger partial charge on any atom is -0.392 e. The number of carbonyl (C=O) groups excluding carboxylic acids is 2. The summed E-state index contributed by atoms with van der Waals surface area (Å²) in [5.74, 6) is 6.51. The summed E-state index contributed by atoms with van der Waals surface area (Å²) in [5.41, 5.74) is 2.06. The molecule has 0 aromatic carbocycles. The Morgan fingerprint density at radius 2 is 2.02 bits per heavy atom. The van der Waals surface area contributed by atoms with Crippen molar-refractivity contribution >= 4 is 34.9 Å². The van der Waals surface area contributed by atoms with Crippen LogP contribution in [0.5, 0.6) is 0 Å². The van der Waals surface area contributed by atoms with Crippen LogP contribution in [-0.4, -0.2) is 70.1 Å². The number of likely N-dealkylation sites (tertiary alicyclic amines) is 1. The summed E-state index contributed by atoms with van der Waals surface area (Å²) in [6, 6.07) is 3.71. The van der Waals surface area contributed by atoms with Crippen molar-refractivity contribution in [3.8, 4) is 11.8 Å². The van der Waals surface area contributed by atoms with E-state index in [2.05, 4.69) is 49.7 Å². The number of hydrogen-bond acceptors (Lipinski definition) is 8. The fourth-order valence-corrected chi connectivity index (χ4v) is 4.96. The first-order valence-electron chi connectivity index (χ1n) is 15.4. The summed E-state index contributed by atoms with van der Waals surface area (Å²) >= 11 is 1.38. The van der Waals surface area contributed by atoms with Crippen LogP contribution in [0.3, 0.4) is 0 Å². The first-order valence-corrected chi connectivity index (χ1v) is 16.2. The van der Waals surface area contributed by atoms with Crippen LogP contribution < -0.4 is 21.3 Å². The summed E-state index contributed by atoms with van der Waals surface area (Å²) in [7, 11) is 1.86. The van der Waals surface area contributed by atoms with Crippen molar-refractivity contribution in [2.75, 3.05) is 32.0 Å². The van der Waals surface area contributed by atoms with Crippen LogP contribution in [0.25, 0.3) is 5.52 Å². The van der Waals surface area contributed by atoms with Crippen molar-refractivity contribution in [3.05, 3.63) is 65.5 Å². The molecule has 45 heavy (non-hydrogen) atoms. The topological polar surface area (TPSA) is 116 Å². The van der Waals surface area contributed by atoms with Crippen molar-refractivity contribution in [2.45, 2.75) is 79.1 Å². The van der Waals surface area contributed by atoms with E-state index in [1.807, 2.05) is 92.1 Å². The molecule has 4 N–H and O–H groups in total. The largest absolute Gasteiger partial charge is 0.392 e. The number of fused-ring (bicyclic) bond motifs is 1. The van der Waals surface area contributed by atoms with Crippen LogP contribution in [0.2, 0.25) is 0 Å². The smallest absolute Gasteiger partial charge is 0.234 e. The normalized spacial score (nSPS) is 16.3. The van der Waals surface area contributed by atoms with Crippen LogP contribution in [0.15, 0.2) is 70.7 Å². The summed E-state index contributed by atoms with van der Waals surface area (Å²) < 4.78 is 1.77. The number of anilines is 1. The highest BCUT2D eigenvalue weighted by molar-refractivity contribution is 8.03. The van der Waals surface area contributed by atoms with Gasteiger partial charge in [-0.2, -0.15) is 0 Å². The SMILES string of the molecule is C=C(/C=C(/C)NC)Nc1nc(SC(/C=C\C(C)NC(=O)CN2CCC(NC(=O)C(C)(C)C)C2)=C/C#CC)nn2cccc12.CC. The quantitative estimate of drug-likeness (QED) is 0.145. The number of hydrogen-bond donors (Lipinski definition) is 4. The maximum atomic E-state index is 12.8. The molecule has 0 aliphatic carbocycles. The predicted molar refractivity (Wildman–Crippen MR) is 186 cm³/mol. The van der Waals surface area contributed by atoms with Crippen molar-refractivity contribution in [1.29, 1.82) is 0 Å². The zero-order valence-electron chi connectivity index (χ0n) is 28.2. The molecule has 2 amide bonds.